The average molecular weight is 367 g/mol. The molecule has 0 radical (unpaired) electrons. The second kappa shape index (κ2) is 6.40. The van der Waals surface area contributed by atoms with Crippen LogP contribution in [0.3, 0.4) is 0 Å². The molecular weight excluding hydrogens is 347 g/mol. The smallest absolute Gasteiger partial charge is 0.468 e. The molecular formula is C15H19BClF3O4. The van der Waals surface area contributed by atoms with Crippen molar-refractivity contribution in [2.24, 2.45) is 0 Å². The third-order valence-electron chi connectivity index (χ3n) is 4.24. The van der Waals surface area contributed by atoms with E-state index in [0.29, 0.717) is 0 Å². The third-order valence-corrected chi connectivity index (χ3v) is 4.55. The molecule has 0 amide bonds. The highest BCUT2D eigenvalue weighted by Crippen LogP contribution is 2.39. The monoisotopic (exact) mass is 366 g/mol. The molecule has 1 heterocycles. The summed E-state index contributed by atoms with van der Waals surface area (Å²) in [5, 5.41) is -0.144. The van der Waals surface area contributed by atoms with Crippen LogP contribution < -0.4 is 10.2 Å². The van der Waals surface area contributed by atoms with Crippen LogP contribution in [0.25, 0.3) is 0 Å². The van der Waals surface area contributed by atoms with Gasteiger partial charge in [-0.25, -0.2) is 0 Å². The second-order valence-electron chi connectivity index (χ2n) is 6.51. The Bertz CT molecular complexity index is 603. The van der Waals surface area contributed by atoms with Crippen molar-refractivity contribution >= 4 is 24.2 Å². The lowest BCUT2D eigenvalue weighted by Gasteiger charge is -2.32. The Kier molecular flexibility index (Phi) is 5.17. The molecule has 0 spiro atoms. The Hall–Kier alpha value is -0.955. The van der Waals surface area contributed by atoms with E-state index in [-0.39, 0.29) is 23.0 Å². The van der Waals surface area contributed by atoms with Gasteiger partial charge in [0.2, 0.25) is 0 Å². The molecule has 24 heavy (non-hydrogen) atoms. The standard InChI is InChI=1S/C15H19BClF3O4/c1-13(2)14(3,4)24-16(23-13)12-10(17)6-9(15(18,19)20)7-11(12)22-8-21-5/h6-7H,8H2,1-5H3. The maximum absolute atomic E-state index is 13.0. The van der Waals surface area contributed by atoms with Crippen LogP contribution in [0.5, 0.6) is 5.75 Å². The largest absolute Gasteiger partial charge is 0.500 e. The number of hydrogen-bond acceptors (Lipinski definition) is 4. The first-order chi connectivity index (χ1) is 10.9. The van der Waals surface area contributed by atoms with Gasteiger partial charge >= 0.3 is 13.3 Å². The van der Waals surface area contributed by atoms with Crippen molar-refractivity contribution in [3.63, 3.8) is 0 Å². The Balaban J connectivity index is 2.49. The number of rotatable bonds is 4. The van der Waals surface area contributed by atoms with E-state index in [1.165, 1.54) is 7.11 Å². The summed E-state index contributed by atoms with van der Waals surface area (Å²) in [6, 6.07) is 1.70. The van der Waals surface area contributed by atoms with Gasteiger partial charge in [0.05, 0.1) is 16.8 Å². The minimum atomic E-state index is -4.55. The van der Waals surface area contributed by atoms with Crippen LogP contribution >= 0.6 is 11.6 Å². The fourth-order valence-electron chi connectivity index (χ4n) is 2.19. The van der Waals surface area contributed by atoms with Gasteiger partial charge in [0.25, 0.3) is 0 Å². The summed E-state index contributed by atoms with van der Waals surface area (Å²) in [7, 11) is 0.417. The number of ether oxygens (including phenoxy) is 2. The van der Waals surface area contributed by atoms with Crippen molar-refractivity contribution in [2.45, 2.75) is 45.1 Å². The molecule has 1 aromatic rings. The number of hydrogen-bond donors (Lipinski definition) is 0. The van der Waals surface area contributed by atoms with E-state index >= 15 is 0 Å². The highest BCUT2D eigenvalue weighted by molar-refractivity contribution is 6.66. The molecule has 1 aliphatic rings. The van der Waals surface area contributed by atoms with E-state index in [1.54, 1.807) is 0 Å². The lowest BCUT2D eigenvalue weighted by atomic mass is 9.77. The summed E-state index contributed by atoms with van der Waals surface area (Å²) >= 11 is 6.10. The minimum Gasteiger partial charge on any atom is -0.468 e. The highest BCUT2D eigenvalue weighted by Gasteiger charge is 2.53. The van der Waals surface area contributed by atoms with Crippen LogP contribution in [0, 0.1) is 0 Å². The van der Waals surface area contributed by atoms with Crippen LogP contribution in [-0.2, 0) is 20.2 Å². The van der Waals surface area contributed by atoms with E-state index in [0.717, 1.165) is 12.1 Å². The van der Waals surface area contributed by atoms with Gasteiger partial charge in [0, 0.05) is 17.6 Å². The lowest BCUT2D eigenvalue weighted by Crippen LogP contribution is -2.41. The molecule has 0 bridgehead atoms. The SMILES string of the molecule is COCOc1cc(C(F)(F)F)cc(Cl)c1B1OC(C)(C)C(C)(C)O1. The predicted octanol–water partition coefficient (Wildman–Crippen LogP) is 3.64. The zero-order valence-electron chi connectivity index (χ0n) is 14.1. The van der Waals surface area contributed by atoms with E-state index in [1.807, 2.05) is 27.7 Å². The molecule has 4 nitrogen and oxygen atoms in total. The lowest BCUT2D eigenvalue weighted by molar-refractivity contribution is -0.137. The maximum Gasteiger partial charge on any atom is 0.500 e. The van der Waals surface area contributed by atoms with E-state index in [4.69, 9.17) is 30.4 Å². The van der Waals surface area contributed by atoms with Crippen LogP contribution in [0.1, 0.15) is 33.3 Å². The first-order valence-corrected chi connectivity index (χ1v) is 7.65. The molecule has 1 aliphatic heterocycles. The highest BCUT2D eigenvalue weighted by atomic mass is 35.5. The number of benzene rings is 1. The zero-order chi connectivity index (χ0) is 18.3. The topological polar surface area (TPSA) is 36.9 Å². The molecule has 0 aliphatic carbocycles. The Morgan fingerprint density at radius 3 is 2.12 bits per heavy atom. The van der Waals surface area contributed by atoms with E-state index < -0.39 is 30.1 Å². The van der Waals surface area contributed by atoms with Gasteiger partial charge in [-0.2, -0.15) is 13.2 Å². The summed E-state index contributed by atoms with van der Waals surface area (Å²) in [5.74, 6) is -0.0878. The molecule has 0 N–H and O–H groups in total. The molecule has 134 valence electrons. The van der Waals surface area contributed by atoms with Gasteiger partial charge < -0.3 is 18.8 Å². The van der Waals surface area contributed by atoms with Gasteiger partial charge in [-0.15, -0.1) is 0 Å². The van der Waals surface area contributed by atoms with Gasteiger partial charge in [0.15, 0.2) is 6.79 Å². The Morgan fingerprint density at radius 1 is 1.12 bits per heavy atom. The predicted molar refractivity (Wildman–Crippen MR) is 84.7 cm³/mol. The summed E-state index contributed by atoms with van der Waals surface area (Å²) in [6.07, 6.45) is -4.55. The van der Waals surface area contributed by atoms with E-state index in [2.05, 4.69) is 0 Å². The zero-order valence-corrected chi connectivity index (χ0v) is 14.8. The van der Waals surface area contributed by atoms with Crippen molar-refractivity contribution in [3.05, 3.63) is 22.7 Å². The summed E-state index contributed by atoms with van der Waals surface area (Å²) < 4.78 is 60.9. The number of methoxy groups -OCH3 is 1. The maximum atomic E-state index is 13.0. The first kappa shape index (κ1) is 19.4. The normalized spacial score (nSPS) is 19.6. The molecule has 2 rings (SSSR count). The summed E-state index contributed by atoms with van der Waals surface area (Å²) in [4.78, 5) is 0. The minimum absolute atomic E-state index is 0.0878. The first-order valence-electron chi connectivity index (χ1n) is 7.27. The van der Waals surface area contributed by atoms with Gasteiger partial charge in [-0.3, -0.25) is 0 Å². The molecule has 0 atom stereocenters. The number of alkyl halides is 3. The molecule has 0 unspecified atom stereocenters. The van der Waals surface area contributed by atoms with Crippen LogP contribution in [0.15, 0.2) is 12.1 Å². The summed E-state index contributed by atoms with van der Waals surface area (Å²) in [5.41, 5.74) is -2.04. The number of halogens is 4. The Labute approximate surface area is 144 Å². The van der Waals surface area contributed by atoms with E-state index in [9.17, 15) is 13.2 Å². The van der Waals surface area contributed by atoms with Crippen LogP contribution in [0.4, 0.5) is 13.2 Å². The fraction of sp³-hybridized carbons (Fsp3) is 0.600. The average Bonchev–Trinajstić information content (AvgIpc) is 2.63. The molecule has 1 aromatic carbocycles. The van der Waals surface area contributed by atoms with Crippen molar-refractivity contribution in [3.8, 4) is 5.75 Å². The van der Waals surface area contributed by atoms with Gasteiger partial charge in [0.1, 0.15) is 5.75 Å². The molecule has 0 saturated carbocycles. The second-order valence-corrected chi connectivity index (χ2v) is 6.91. The van der Waals surface area contributed by atoms with Gasteiger partial charge in [-0.1, -0.05) is 11.6 Å². The van der Waals surface area contributed by atoms with Crippen LogP contribution in [-0.4, -0.2) is 32.2 Å². The summed E-state index contributed by atoms with van der Waals surface area (Å²) in [6.45, 7) is 7.10. The molecule has 1 fully saturated rings. The quantitative estimate of drug-likeness (QED) is 0.602. The van der Waals surface area contributed by atoms with Crippen molar-refractivity contribution in [1.82, 2.24) is 0 Å². The van der Waals surface area contributed by atoms with Crippen molar-refractivity contribution in [2.75, 3.05) is 13.9 Å². The van der Waals surface area contributed by atoms with Crippen molar-refractivity contribution < 1.29 is 32.0 Å². The molecule has 9 heteroatoms. The van der Waals surface area contributed by atoms with Crippen molar-refractivity contribution in [1.29, 1.82) is 0 Å². The molecule has 1 saturated heterocycles. The van der Waals surface area contributed by atoms with Crippen LogP contribution in [0.2, 0.25) is 5.02 Å². The molecule has 0 aromatic heterocycles. The fourth-order valence-corrected chi connectivity index (χ4v) is 2.49. The Morgan fingerprint density at radius 2 is 1.67 bits per heavy atom. The van der Waals surface area contributed by atoms with Gasteiger partial charge in [-0.05, 0) is 39.8 Å². The third kappa shape index (κ3) is 3.66.